The first-order chi connectivity index (χ1) is 11.0. The normalized spacial score (nSPS) is 14.4. The molecule has 1 aliphatic carbocycles. The summed E-state index contributed by atoms with van der Waals surface area (Å²) >= 11 is 1.12. The second-order valence-corrected chi connectivity index (χ2v) is 6.26. The molecule has 122 valence electrons. The third kappa shape index (κ3) is 3.59. The molecule has 0 atom stereocenters. The molecule has 1 aliphatic rings. The highest BCUT2D eigenvalue weighted by molar-refractivity contribution is 7.99. The molecular weight excluding hydrogens is 327 g/mol. The standard InChI is InChI=1S/C15H14F3N3OS/c16-15(17,18)10-5-6-13(12(7-10)21-22)23-14-19-8-9-3-1-2-4-11(9)20-14/h5-8,21-22H,1-4H2. The molecule has 3 rings (SSSR count). The summed E-state index contributed by atoms with van der Waals surface area (Å²) < 4.78 is 38.1. The van der Waals surface area contributed by atoms with E-state index < -0.39 is 11.7 Å². The van der Waals surface area contributed by atoms with Crippen molar-refractivity contribution in [2.24, 2.45) is 0 Å². The average Bonchev–Trinajstić information content (AvgIpc) is 2.54. The van der Waals surface area contributed by atoms with E-state index in [2.05, 4.69) is 9.97 Å². The number of aryl methyl sites for hydroxylation is 2. The lowest BCUT2D eigenvalue weighted by atomic mass is 9.98. The van der Waals surface area contributed by atoms with Gasteiger partial charge in [-0.1, -0.05) is 0 Å². The van der Waals surface area contributed by atoms with E-state index in [4.69, 9.17) is 5.21 Å². The van der Waals surface area contributed by atoms with Crippen molar-refractivity contribution in [2.75, 3.05) is 5.48 Å². The minimum Gasteiger partial charge on any atom is -0.291 e. The van der Waals surface area contributed by atoms with Gasteiger partial charge in [0.05, 0.1) is 11.3 Å². The Morgan fingerprint density at radius 2 is 1.96 bits per heavy atom. The Kier molecular flexibility index (Phi) is 4.45. The van der Waals surface area contributed by atoms with Gasteiger partial charge in [-0.05, 0) is 61.2 Å². The van der Waals surface area contributed by atoms with Gasteiger partial charge in [-0.2, -0.15) is 13.2 Å². The van der Waals surface area contributed by atoms with Gasteiger partial charge in [-0.3, -0.25) is 10.7 Å². The summed E-state index contributed by atoms with van der Waals surface area (Å²) in [5, 5.41) is 9.57. The zero-order valence-electron chi connectivity index (χ0n) is 12.0. The summed E-state index contributed by atoms with van der Waals surface area (Å²) in [6.45, 7) is 0. The molecule has 0 aliphatic heterocycles. The monoisotopic (exact) mass is 341 g/mol. The van der Waals surface area contributed by atoms with Crippen molar-refractivity contribution in [3.05, 3.63) is 41.2 Å². The van der Waals surface area contributed by atoms with Crippen LogP contribution in [0.1, 0.15) is 29.7 Å². The van der Waals surface area contributed by atoms with Gasteiger partial charge in [0.1, 0.15) is 0 Å². The highest BCUT2D eigenvalue weighted by Crippen LogP contribution is 2.37. The molecule has 4 nitrogen and oxygen atoms in total. The second-order valence-electron chi connectivity index (χ2n) is 5.25. The minimum atomic E-state index is -4.46. The summed E-state index contributed by atoms with van der Waals surface area (Å²) in [6.07, 6.45) is 1.38. The van der Waals surface area contributed by atoms with E-state index in [1.165, 1.54) is 6.07 Å². The fraction of sp³-hybridized carbons (Fsp3) is 0.333. The predicted molar refractivity (Wildman–Crippen MR) is 79.7 cm³/mol. The number of hydrogen-bond donors (Lipinski definition) is 2. The van der Waals surface area contributed by atoms with Crippen LogP contribution in [0.25, 0.3) is 0 Å². The van der Waals surface area contributed by atoms with E-state index in [1.807, 2.05) is 5.48 Å². The third-order valence-corrected chi connectivity index (χ3v) is 4.63. The molecule has 2 N–H and O–H groups in total. The number of hydrogen-bond acceptors (Lipinski definition) is 5. The SMILES string of the molecule is ONc1cc(C(F)(F)F)ccc1Sc1ncc2c(n1)CCCC2. The summed E-state index contributed by atoms with van der Waals surface area (Å²) in [4.78, 5) is 9.16. The van der Waals surface area contributed by atoms with Crippen molar-refractivity contribution < 1.29 is 18.4 Å². The average molecular weight is 341 g/mol. The largest absolute Gasteiger partial charge is 0.416 e. The zero-order chi connectivity index (χ0) is 16.4. The first kappa shape index (κ1) is 16.1. The lowest BCUT2D eigenvalue weighted by molar-refractivity contribution is -0.137. The van der Waals surface area contributed by atoms with Gasteiger partial charge in [0.25, 0.3) is 0 Å². The maximum absolute atomic E-state index is 12.7. The van der Waals surface area contributed by atoms with E-state index in [1.54, 1.807) is 6.20 Å². The number of nitrogens with one attached hydrogen (secondary N) is 1. The van der Waals surface area contributed by atoms with Crippen molar-refractivity contribution in [2.45, 2.75) is 41.9 Å². The van der Waals surface area contributed by atoms with E-state index >= 15 is 0 Å². The van der Waals surface area contributed by atoms with Crippen molar-refractivity contribution in [3.8, 4) is 0 Å². The number of alkyl halides is 3. The first-order valence-corrected chi connectivity index (χ1v) is 7.93. The molecule has 0 radical (unpaired) electrons. The van der Waals surface area contributed by atoms with Crippen LogP contribution in [-0.4, -0.2) is 15.2 Å². The summed E-state index contributed by atoms with van der Waals surface area (Å²) in [5.74, 6) is 0. The number of anilines is 1. The summed E-state index contributed by atoms with van der Waals surface area (Å²) in [5.41, 5.74) is 3.10. The highest BCUT2D eigenvalue weighted by Gasteiger charge is 2.31. The molecule has 0 saturated heterocycles. The minimum absolute atomic E-state index is 0.0221. The Balaban J connectivity index is 1.88. The fourth-order valence-electron chi connectivity index (χ4n) is 2.49. The van der Waals surface area contributed by atoms with Gasteiger partial charge in [0, 0.05) is 16.8 Å². The van der Waals surface area contributed by atoms with Gasteiger partial charge < -0.3 is 0 Å². The molecule has 1 aromatic heterocycles. The van der Waals surface area contributed by atoms with Crippen LogP contribution in [0, 0.1) is 0 Å². The first-order valence-electron chi connectivity index (χ1n) is 7.11. The van der Waals surface area contributed by atoms with Crippen LogP contribution in [0.3, 0.4) is 0 Å². The topological polar surface area (TPSA) is 58.0 Å². The van der Waals surface area contributed by atoms with Gasteiger partial charge >= 0.3 is 6.18 Å². The van der Waals surface area contributed by atoms with Gasteiger partial charge in [0.2, 0.25) is 0 Å². The van der Waals surface area contributed by atoms with E-state index in [0.29, 0.717) is 10.1 Å². The van der Waals surface area contributed by atoms with E-state index in [9.17, 15) is 13.2 Å². The maximum atomic E-state index is 12.7. The number of halogens is 3. The highest BCUT2D eigenvalue weighted by atomic mass is 32.2. The summed E-state index contributed by atoms with van der Waals surface area (Å²) in [6, 6.07) is 3.14. The van der Waals surface area contributed by atoms with Gasteiger partial charge in [0.15, 0.2) is 5.16 Å². The lowest BCUT2D eigenvalue weighted by Gasteiger charge is -2.15. The molecular formula is C15H14F3N3OS. The van der Waals surface area contributed by atoms with Crippen LogP contribution >= 0.6 is 11.8 Å². The molecule has 0 unspecified atom stereocenters. The molecule has 0 saturated carbocycles. The van der Waals surface area contributed by atoms with Crippen LogP contribution in [0.5, 0.6) is 0 Å². The maximum Gasteiger partial charge on any atom is 0.416 e. The summed E-state index contributed by atoms with van der Waals surface area (Å²) in [7, 11) is 0. The number of benzene rings is 1. The molecule has 8 heteroatoms. The van der Waals surface area contributed by atoms with Crippen molar-refractivity contribution in [1.29, 1.82) is 0 Å². The second kappa shape index (κ2) is 6.37. The molecule has 2 aromatic rings. The number of aromatic nitrogens is 2. The predicted octanol–water partition coefficient (Wildman–Crippen LogP) is 4.33. The molecule has 0 spiro atoms. The fourth-order valence-corrected chi connectivity index (χ4v) is 3.30. The quantitative estimate of drug-likeness (QED) is 0.643. The van der Waals surface area contributed by atoms with E-state index in [-0.39, 0.29) is 5.69 Å². The number of fused-ring (bicyclic) bond motifs is 1. The molecule has 1 aromatic carbocycles. The van der Waals surface area contributed by atoms with Gasteiger partial charge in [-0.15, -0.1) is 0 Å². The molecule has 0 fully saturated rings. The van der Waals surface area contributed by atoms with Crippen LogP contribution in [0.15, 0.2) is 34.4 Å². The van der Waals surface area contributed by atoms with Crippen LogP contribution < -0.4 is 5.48 Å². The molecule has 1 heterocycles. The van der Waals surface area contributed by atoms with Crippen LogP contribution in [0.2, 0.25) is 0 Å². The zero-order valence-corrected chi connectivity index (χ0v) is 12.8. The van der Waals surface area contributed by atoms with Gasteiger partial charge in [-0.25, -0.2) is 9.97 Å². The van der Waals surface area contributed by atoms with Crippen molar-refractivity contribution >= 4 is 17.4 Å². The van der Waals surface area contributed by atoms with Crippen molar-refractivity contribution in [3.63, 3.8) is 0 Å². The Hall–Kier alpha value is -1.80. The third-order valence-electron chi connectivity index (χ3n) is 3.67. The van der Waals surface area contributed by atoms with Crippen LogP contribution in [-0.2, 0) is 19.0 Å². The Bertz CT molecular complexity index is 722. The van der Waals surface area contributed by atoms with Crippen LogP contribution in [0.4, 0.5) is 18.9 Å². The Labute approximate surface area is 135 Å². The number of rotatable bonds is 3. The Morgan fingerprint density at radius 1 is 1.17 bits per heavy atom. The molecule has 0 bridgehead atoms. The molecule has 0 amide bonds. The smallest absolute Gasteiger partial charge is 0.291 e. The Morgan fingerprint density at radius 3 is 2.70 bits per heavy atom. The lowest BCUT2D eigenvalue weighted by Crippen LogP contribution is -2.07. The van der Waals surface area contributed by atoms with E-state index in [0.717, 1.165) is 60.8 Å². The van der Waals surface area contributed by atoms with Crippen molar-refractivity contribution in [1.82, 2.24) is 9.97 Å². The number of nitrogens with zero attached hydrogens (tertiary/aromatic N) is 2. The molecule has 23 heavy (non-hydrogen) atoms.